The lowest BCUT2D eigenvalue weighted by atomic mass is 10.1. The Morgan fingerprint density at radius 2 is 2.05 bits per heavy atom. The van der Waals surface area contributed by atoms with E-state index in [9.17, 15) is 4.79 Å². The molecule has 21 heavy (non-hydrogen) atoms. The second kappa shape index (κ2) is 5.90. The van der Waals surface area contributed by atoms with Crippen molar-refractivity contribution in [3.63, 3.8) is 0 Å². The summed E-state index contributed by atoms with van der Waals surface area (Å²) in [4.78, 5) is 12.8. The zero-order chi connectivity index (χ0) is 14.8. The van der Waals surface area contributed by atoms with Gasteiger partial charge in [0.05, 0.1) is 15.6 Å². The highest BCUT2D eigenvalue weighted by Gasteiger charge is 2.32. The number of benzene rings is 1. The normalized spacial score (nSPS) is 14.1. The molecule has 1 aromatic carbocycles. The van der Waals surface area contributed by atoms with Crippen molar-refractivity contribution in [3.8, 4) is 0 Å². The molecule has 1 aliphatic rings. The van der Waals surface area contributed by atoms with Gasteiger partial charge in [-0.3, -0.25) is 4.79 Å². The number of thiophene rings is 1. The van der Waals surface area contributed by atoms with E-state index in [0.717, 1.165) is 16.4 Å². The maximum atomic E-state index is 12.0. The Kier molecular flexibility index (Phi) is 3.97. The summed E-state index contributed by atoms with van der Waals surface area (Å²) in [7, 11) is 0. The van der Waals surface area contributed by atoms with Gasteiger partial charge in [0, 0.05) is 18.5 Å². The van der Waals surface area contributed by atoms with Crippen LogP contribution in [0.4, 0.5) is 10.7 Å². The van der Waals surface area contributed by atoms with Gasteiger partial charge in [0.2, 0.25) is 0 Å². The maximum Gasteiger partial charge on any atom is 0.174 e. The number of hydrogen-bond acceptors (Lipinski definition) is 4. The summed E-state index contributed by atoms with van der Waals surface area (Å²) in [5, 5.41) is 4.56. The van der Waals surface area contributed by atoms with Crippen LogP contribution >= 0.6 is 11.3 Å². The third kappa shape index (κ3) is 2.95. The third-order valence-electron chi connectivity index (χ3n) is 3.84. The van der Waals surface area contributed by atoms with Crippen LogP contribution in [0.1, 0.15) is 52.9 Å². The maximum absolute atomic E-state index is 12.0. The van der Waals surface area contributed by atoms with Gasteiger partial charge in [-0.1, -0.05) is 37.3 Å². The summed E-state index contributed by atoms with van der Waals surface area (Å²) in [5.41, 5.74) is 9.36. The molecular formula is C17H20N2OS. The topological polar surface area (TPSA) is 55.1 Å². The van der Waals surface area contributed by atoms with Crippen LogP contribution in [0, 0.1) is 0 Å². The van der Waals surface area contributed by atoms with Gasteiger partial charge in [0.25, 0.3) is 0 Å². The van der Waals surface area contributed by atoms with E-state index in [2.05, 4.69) is 17.4 Å². The molecule has 3 nitrogen and oxygen atoms in total. The van der Waals surface area contributed by atoms with Crippen molar-refractivity contribution < 1.29 is 4.79 Å². The van der Waals surface area contributed by atoms with E-state index in [4.69, 9.17) is 5.73 Å². The Balaban J connectivity index is 1.85. The minimum atomic E-state index is 0.146. The van der Waals surface area contributed by atoms with E-state index in [1.54, 1.807) is 0 Å². The number of anilines is 2. The quantitative estimate of drug-likeness (QED) is 0.777. The van der Waals surface area contributed by atoms with Crippen molar-refractivity contribution >= 4 is 27.8 Å². The van der Waals surface area contributed by atoms with Crippen molar-refractivity contribution in [1.29, 1.82) is 0 Å². The Morgan fingerprint density at radius 3 is 2.67 bits per heavy atom. The van der Waals surface area contributed by atoms with Gasteiger partial charge < -0.3 is 11.1 Å². The highest BCUT2D eigenvalue weighted by molar-refractivity contribution is 7.18. The van der Waals surface area contributed by atoms with Crippen molar-refractivity contribution in [2.45, 2.75) is 38.6 Å². The van der Waals surface area contributed by atoms with Gasteiger partial charge >= 0.3 is 0 Å². The predicted molar refractivity (Wildman–Crippen MR) is 89.1 cm³/mol. The summed E-state index contributed by atoms with van der Waals surface area (Å²) in [6.07, 6.45) is 2.87. The molecular weight excluding hydrogens is 280 g/mol. The molecule has 0 bridgehead atoms. The third-order valence-corrected chi connectivity index (χ3v) is 5.06. The van der Waals surface area contributed by atoms with Crippen LogP contribution in [0.15, 0.2) is 30.3 Å². The number of nitrogens with one attached hydrogen (secondary N) is 1. The first-order valence-electron chi connectivity index (χ1n) is 7.43. The number of rotatable bonds is 6. The minimum Gasteiger partial charge on any atom is -0.397 e. The van der Waals surface area contributed by atoms with E-state index >= 15 is 0 Å². The van der Waals surface area contributed by atoms with Crippen LogP contribution in [-0.2, 0) is 6.54 Å². The second-order valence-corrected chi connectivity index (χ2v) is 6.50. The Labute approximate surface area is 129 Å². The molecule has 3 N–H and O–H groups in total. The number of nitrogen functional groups attached to an aromatic ring is 1. The van der Waals surface area contributed by atoms with Gasteiger partial charge in [0.1, 0.15) is 0 Å². The molecule has 0 radical (unpaired) electrons. The van der Waals surface area contributed by atoms with Crippen LogP contribution in [0.3, 0.4) is 0 Å². The average Bonchev–Trinajstić information content (AvgIpc) is 3.29. The summed E-state index contributed by atoms with van der Waals surface area (Å²) in [6, 6.07) is 10.3. The molecule has 0 amide bonds. The molecule has 2 aromatic rings. The fourth-order valence-electron chi connectivity index (χ4n) is 2.51. The Bertz CT molecular complexity index is 644. The van der Waals surface area contributed by atoms with E-state index in [-0.39, 0.29) is 5.78 Å². The monoisotopic (exact) mass is 300 g/mol. The van der Waals surface area contributed by atoms with E-state index in [1.807, 2.05) is 25.1 Å². The molecule has 0 unspecified atom stereocenters. The number of hydrogen-bond donors (Lipinski definition) is 2. The molecule has 4 heteroatoms. The zero-order valence-electron chi connectivity index (χ0n) is 12.2. The van der Waals surface area contributed by atoms with Gasteiger partial charge in [-0.15, -0.1) is 11.3 Å². The van der Waals surface area contributed by atoms with Crippen molar-refractivity contribution in [2.75, 3.05) is 11.1 Å². The Morgan fingerprint density at radius 1 is 1.33 bits per heavy atom. The molecule has 0 spiro atoms. The van der Waals surface area contributed by atoms with Crippen molar-refractivity contribution in [2.24, 2.45) is 0 Å². The number of carbonyl (C=O) groups is 1. The smallest absolute Gasteiger partial charge is 0.174 e. The number of Topliss-reactive ketones (excluding diaryl/α,β-unsaturated/α-hetero) is 1. The van der Waals surface area contributed by atoms with Crippen LogP contribution in [0.2, 0.25) is 0 Å². The number of ketones is 1. The molecule has 0 aliphatic heterocycles. The lowest BCUT2D eigenvalue weighted by molar-refractivity contribution is 0.0993. The molecule has 1 saturated carbocycles. The molecule has 0 saturated heterocycles. The fraction of sp³-hybridized carbons (Fsp3) is 0.353. The van der Waals surface area contributed by atoms with Gasteiger partial charge in [-0.05, 0) is 24.3 Å². The molecule has 1 aromatic heterocycles. The fourth-order valence-corrected chi connectivity index (χ4v) is 3.72. The second-order valence-electron chi connectivity index (χ2n) is 5.48. The summed E-state index contributed by atoms with van der Waals surface area (Å²) < 4.78 is 0. The van der Waals surface area contributed by atoms with E-state index in [1.165, 1.54) is 35.3 Å². The summed E-state index contributed by atoms with van der Waals surface area (Å²) >= 11 is 1.52. The molecule has 0 atom stereocenters. The number of carbonyl (C=O) groups excluding carboxylic acids is 1. The van der Waals surface area contributed by atoms with Gasteiger partial charge in [0.15, 0.2) is 5.78 Å². The number of nitrogens with two attached hydrogens (primary N) is 1. The molecule has 3 rings (SSSR count). The van der Waals surface area contributed by atoms with E-state index < -0.39 is 0 Å². The van der Waals surface area contributed by atoms with Crippen LogP contribution < -0.4 is 11.1 Å². The van der Waals surface area contributed by atoms with E-state index in [0.29, 0.717) is 18.0 Å². The van der Waals surface area contributed by atoms with Crippen LogP contribution in [0.5, 0.6) is 0 Å². The molecule has 110 valence electrons. The largest absolute Gasteiger partial charge is 0.397 e. The minimum absolute atomic E-state index is 0.146. The highest BCUT2D eigenvalue weighted by atomic mass is 32.1. The zero-order valence-corrected chi connectivity index (χ0v) is 13.0. The van der Waals surface area contributed by atoms with Crippen molar-refractivity contribution in [3.05, 3.63) is 46.3 Å². The highest BCUT2D eigenvalue weighted by Crippen LogP contribution is 2.51. The molecule has 1 fully saturated rings. The molecule has 1 aliphatic carbocycles. The predicted octanol–water partition coefficient (Wildman–Crippen LogP) is 4.41. The van der Waals surface area contributed by atoms with Gasteiger partial charge in [-0.2, -0.15) is 0 Å². The van der Waals surface area contributed by atoms with Crippen LogP contribution in [-0.4, -0.2) is 5.78 Å². The lowest BCUT2D eigenvalue weighted by Gasteiger charge is -2.07. The first-order valence-corrected chi connectivity index (χ1v) is 8.25. The van der Waals surface area contributed by atoms with Crippen molar-refractivity contribution in [1.82, 2.24) is 0 Å². The Hall–Kier alpha value is -1.81. The first kappa shape index (κ1) is 14.1. The summed E-state index contributed by atoms with van der Waals surface area (Å²) in [5.74, 6) is 0.685. The molecule has 1 heterocycles. The summed E-state index contributed by atoms with van der Waals surface area (Å²) in [6.45, 7) is 2.65. The first-order chi connectivity index (χ1) is 10.2. The lowest BCUT2D eigenvalue weighted by Crippen LogP contribution is -2.01. The SMILES string of the molecule is CCC(=O)c1sc(NCc2ccccc2)c(C2CC2)c1N. The average molecular weight is 300 g/mol. The van der Waals surface area contributed by atoms with Crippen LogP contribution in [0.25, 0.3) is 0 Å². The standard InChI is InChI=1S/C17H20N2OS/c1-2-13(20)16-15(18)14(12-8-9-12)17(21-16)19-10-11-6-4-3-5-7-11/h3-7,12,19H,2,8-10,18H2,1H3. The van der Waals surface area contributed by atoms with Gasteiger partial charge in [-0.25, -0.2) is 0 Å².